The molecular formula is C3H8BFO2. The lowest BCUT2D eigenvalue weighted by Gasteiger charge is -1.93. The first-order valence-electron chi connectivity index (χ1n) is 2.13. The van der Waals surface area contributed by atoms with Crippen molar-refractivity contribution in [3.8, 4) is 0 Å². The van der Waals surface area contributed by atoms with E-state index in [9.17, 15) is 4.39 Å². The van der Waals surface area contributed by atoms with E-state index < -0.39 is 6.86 Å². The third kappa shape index (κ3) is 5.91. The molecule has 0 bridgehead atoms. The van der Waals surface area contributed by atoms with Gasteiger partial charge in [0.1, 0.15) is 0 Å². The van der Waals surface area contributed by atoms with Crippen molar-refractivity contribution in [2.75, 3.05) is 13.5 Å². The molecule has 0 aliphatic rings. The van der Waals surface area contributed by atoms with Crippen LogP contribution in [0.4, 0.5) is 4.39 Å². The van der Waals surface area contributed by atoms with Gasteiger partial charge in [0.15, 0.2) is 6.86 Å². The molecule has 0 rings (SSSR count). The van der Waals surface area contributed by atoms with Gasteiger partial charge in [-0.3, -0.25) is 0 Å². The zero-order valence-electron chi connectivity index (χ0n) is 4.32. The molecule has 0 aromatic carbocycles. The molecule has 0 aliphatic heterocycles. The normalized spacial score (nSPS) is 8.86. The molecular weight excluding hydrogens is 97.8 g/mol. The van der Waals surface area contributed by atoms with E-state index in [4.69, 9.17) is 0 Å². The third-order valence-corrected chi connectivity index (χ3v) is 0.448. The van der Waals surface area contributed by atoms with Crippen LogP contribution in [0.15, 0.2) is 0 Å². The smallest absolute Gasteiger partial charge is 0.414 e. The number of halogens is 1. The molecule has 0 amide bonds. The quantitative estimate of drug-likeness (QED) is 0.377. The number of hydrogen-bond acceptors (Lipinski definition) is 2. The summed E-state index contributed by atoms with van der Waals surface area (Å²) < 4.78 is 19.8. The molecule has 0 saturated carbocycles. The lowest BCUT2D eigenvalue weighted by molar-refractivity contribution is 0.154. The van der Waals surface area contributed by atoms with Gasteiger partial charge in [0.2, 0.25) is 0 Å². The summed E-state index contributed by atoms with van der Waals surface area (Å²) >= 11 is 0. The summed E-state index contributed by atoms with van der Waals surface area (Å²) in [6.45, 7) is 1.63. The second kappa shape index (κ2) is 5.91. The van der Waals surface area contributed by atoms with Crippen molar-refractivity contribution in [1.82, 2.24) is 0 Å². The third-order valence-electron chi connectivity index (χ3n) is 0.448. The van der Waals surface area contributed by atoms with Crippen LogP contribution in [-0.4, -0.2) is 21.2 Å². The molecule has 4 heteroatoms. The Kier molecular flexibility index (Phi) is 5.84. The fraction of sp³-hybridized carbons (Fsp3) is 1.00. The van der Waals surface area contributed by atoms with Gasteiger partial charge in [0, 0.05) is 6.61 Å². The molecule has 0 saturated heterocycles. The van der Waals surface area contributed by atoms with Gasteiger partial charge in [0.25, 0.3) is 0 Å². The van der Waals surface area contributed by atoms with E-state index >= 15 is 0 Å². The van der Waals surface area contributed by atoms with Crippen LogP contribution < -0.4 is 0 Å². The highest BCUT2D eigenvalue weighted by atomic mass is 19.1. The Balaban J connectivity index is 2.45. The Labute approximate surface area is 42.9 Å². The van der Waals surface area contributed by atoms with Gasteiger partial charge >= 0.3 is 7.69 Å². The van der Waals surface area contributed by atoms with Crippen molar-refractivity contribution in [3.63, 3.8) is 0 Å². The van der Waals surface area contributed by atoms with Crippen LogP contribution in [-0.2, 0) is 9.31 Å². The molecule has 42 valence electrons. The minimum Gasteiger partial charge on any atom is -0.414 e. The van der Waals surface area contributed by atoms with Gasteiger partial charge in [-0.2, -0.15) is 0 Å². The predicted octanol–water partition coefficient (Wildman–Crippen LogP) is 0.233. The van der Waals surface area contributed by atoms with E-state index in [1.165, 1.54) is 0 Å². The first kappa shape index (κ1) is 6.91. The van der Waals surface area contributed by atoms with Crippen LogP contribution in [0.25, 0.3) is 0 Å². The second-order valence-electron chi connectivity index (χ2n) is 0.924. The summed E-state index contributed by atoms with van der Waals surface area (Å²) in [5.41, 5.74) is 0. The standard InChI is InChI=1S/C3H8BFO2/c1-2-6-4-7-3-5/h4H,2-3H2,1H3. The maximum Gasteiger partial charge on any atom is 0.439 e. The van der Waals surface area contributed by atoms with Crippen LogP contribution in [0.3, 0.4) is 0 Å². The summed E-state index contributed by atoms with van der Waals surface area (Å²) in [7, 11) is 0.0625. The fourth-order valence-electron chi connectivity index (χ4n) is 0.174. The molecule has 0 N–H and O–H groups in total. The highest BCUT2D eigenvalue weighted by Gasteiger charge is 1.84. The first-order chi connectivity index (χ1) is 3.41. The number of rotatable bonds is 4. The molecule has 0 unspecified atom stereocenters. The lowest BCUT2D eigenvalue weighted by atomic mass is 10.4. The average Bonchev–Trinajstić information content (AvgIpc) is 1.69. The highest BCUT2D eigenvalue weighted by molar-refractivity contribution is 6.17. The Hall–Kier alpha value is -0.0851. The monoisotopic (exact) mass is 106 g/mol. The van der Waals surface area contributed by atoms with Crippen LogP contribution in [0.2, 0.25) is 0 Å². The summed E-state index contributed by atoms with van der Waals surface area (Å²) in [4.78, 5) is 0. The summed E-state index contributed by atoms with van der Waals surface area (Å²) in [6, 6.07) is 0. The average molecular weight is 106 g/mol. The zero-order valence-corrected chi connectivity index (χ0v) is 4.32. The molecule has 7 heavy (non-hydrogen) atoms. The molecule has 0 atom stereocenters. The van der Waals surface area contributed by atoms with Crippen molar-refractivity contribution >= 4 is 7.69 Å². The fourth-order valence-corrected chi connectivity index (χ4v) is 0.174. The zero-order chi connectivity index (χ0) is 5.54. The van der Waals surface area contributed by atoms with Crippen molar-refractivity contribution in [3.05, 3.63) is 0 Å². The Morgan fingerprint density at radius 1 is 1.57 bits per heavy atom. The minimum absolute atomic E-state index is 0.0625. The van der Waals surface area contributed by atoms with E-state index in [2.05, 4.69) is 9.31 Å². The second-order valence-corrected chi connectivity index (χ2v) is 0.924. The molecule has 0 aromatic heterocycles. The van der Waals surface area contributed by atoms with Gasteiger partial charge in [0.05, 0.1) is 0 Å². The topological polar surface area (TPSA) is 18.5 Å². The largest absolute Gasteiger partial charge is 0.439 e. The van der Waals surface area contributed by atoms with E-state index in [1.54, 1.807) is 0 Å². The Morgan fingerprint density at radius 3 is 2.71 bits per heavy atom. The number of hydrogen-bond donors (Lipinski definition) is 0. The first-order valence-corrected chi connectivity index (χ1v) is 2.13. The van der Waals surface area contributed by atoms with Gasteiger partial charge < -0.3 is 9.31 Å². The van der Waals surface area contributed by atoms with Crippen LogP contribution in [0.5, 0.6) is 0 Å². The lowest BCUT2D eigenvalue weighted by Crippen LogP contribution is -2.02. The summed E-state index contributed by atoms with van der Waals surface area (Å²) in [5, 5.41) is 0. The van der Waals surface area contributed by atoms with E-state index in [1.807, 2.05) is 6.92 Å². The van der Waals surface area contributed by atoms with Gasteiger partial charge in [-0.05, 0) is 6.92 Å². The maximum absolute atomic E-state index is 11.0. The predicted molar refractivity (Wildman–Crippen MR) is 25.8 cm³/mol. The molecule has 0 aromatic rings. The van der Waals surface area contributed by atoms with Gasteiger partial charge in [-0.25, -0.2) is 4.39 Å². The maximum atomic E-state index is 11.0. The van der Waals surface area contributed by atoms with Crippen molar-refractivity contribution < 1.29 is 13.7 Å². The molecule has 0 heterocycles. The van der Waals surface area contributed by atoms with Gasteiger partial charge in [-0.15, -0.1) is 0 Å². The van der Waals surface area contributed by atoms with Crippen LogP contribution in [0, 0.1) is 0 Å². The van der Waals surface area contributed by atoms with Crippen molar-refractivity contribution in [2.45, 2.75) is 6.92 Å². The van der Waals surface area contributed by atoms with Crippen LogP contribution >= 0.6 is 0 Å². The Bertz CT molecular complexity index is 32.1. The van der Waals surface area contributed by atoms with Gasteiger partial charge in [-0.1, -0.05) is 0 Å². The minimum atomic E-state index is -0.764. The molecule has 0 spiro atoms. The van der Waals surface area contributed by atoms with E-state index in [-0.39, 0.29) is 7.69 Å². The van der Waals surface area contributed by atoms with Crippen molar-refractivity contribution in [1.29, 1.82) is 0 Å². The summed E-state index contributed by atoms with van der Waals surface area (Å²) in [6.07, 6.45) is 0. The SMILES string of the molecule is CCOBOCF. The summed E-state index contributed by atoms with van der Waals surface area (Å²) in [5.74, 6) is 0. The molecule has 0 aliphatic carbocycles. The highest BCUT2D eigenvalue weighted by Crippen LogP contribution is 1.72. The van der Waals surface area contributed by atoms with E-state index in [0.717, 1.165) is 0 Å². The molecule has 2 nitrogen and oxygen atoms in total. The molecule has 0 fully saturated rings. The van der Waals surface area contributed by atoms with E-state index in [0.29, 0.717) is 6.61 Å². The van der Waals surface area contributed by atoms with Crippen molar-refractivity contribution in [2.24, 2.45) is 0 Å². The number of alkyl halides is 1. The molecule has 0 radical (unpaired) electrons. The Morgan fingerprint density at radius 2 is 2.29 bits per heavy atom. The van der Waals surface area contributed by atoms with Crippen LogP contribution in [0.1, 0.15) is 6.92 Å².